The lowest BCUT2D eigenvalue weighted by atomic mass is 10.0. The van der Waals surface area contributed by atoms with Crippen LogP contribution in [0.2, 0.25) is 0 Å². The van der Waals surface area contributed by atoms with Gasteiger partial charge in [0.2, 0.25) is 5.91 Å². The summed E-state index contributed by atoms with van der Waals surface area (Å²) in [7, 11) is 0. The van der Waals surface area contributed by atoms with Crippen LogP contribution in [-0.2, 0) is 17.8 Å². The van der Waals surface area contributed by atoms with E-state index in [4.69, 9.17) is 0 Å². The van der Waals surface area contributed by atoms with Crippen LogP contribution in [0.4, 0.5) is 0 Å². The largest absolute Gasteiger partial charge is 0.335 e. The molecule has 1 amide bonds. The van der Waals surface area contributed by atoms with Gasteiger partial charge in [0, 0.05) is 18.2 Å². The number of carbonyl (C=O) groups excluding carboxylic acids is 1. The van der Waals surface area contributed by atoms with Crippen molar-refractivity contribution >= 4 is 5.91 Å². The van der Waals surface area contributed by atoms with Crippen LogP contribution in [0, 0.1) is 0 Å². The second kappa shape index (κ2) is 6.18. The maximum atomic E-state index is 12.8. The van der Waals surface area contributed by atoms with Gasteiger partial charge in [0.05, 0.1) is 18.6 Å². The Hall–Kier alpha value is -2.51. The Bertz CT molecular complexity index is 804. The summed E-state index contributed by atoms with van der Waals surface area (Å²) in [5.74, 6) is 0.0497. The van der Waals surface area contributed by atoms with E-state index in [-0.39, 0.29) is 23.6 Å². The Labute approximate surface area is 139 Å². The normalized spacial score (nSPS) is 23.1. The molecule has 2 atom stereocenters. The van der Waals surface area contributed by atoms with E-state index in [2.05, 4.69) is 33.0 Å². The molecule has 1 aromatic carbocycles. The third kappa shape index (κ3) is 2.72. The number of carbonyl (C=O) groups is 1. The summed E-state index contributed by atoms with van der Waals surface area (Å²) >= 11 is 0. The van der Waals surface area contributed by atoms with Gasteiger partial charge in [0.25, 0.3) is 5.56 Å². The average Bonchev–Trinajstić information content (AvgIpc) is 3.12. The van der Waals surface area contributed by atoms with E-state index < -0.39 is 0 Å². The second-order valence-corrected chi connectivity index (χ2v) is 6.21. The fourth-order valence-electron chi connectivity index (χ4n) is 3.40. The average molecular weight is 325 g/mol. The molecular formula is C17H19N5O2. The van der Waals surface area contributed by atoms with Crippen molar-refractivity contribution in [2.75, 3.05) is 6.54 Å². The summed E-state index contributed by atoms with van der Waals surface area (Å²) in [6.45, 7) is 0.945. The number of H-pyrrole nitrogens is 1. The number of amides is 1. The molecule has 4 rings (SSSR count). The maximum Gasteiger partial charge on any atom is 0.254 e. The first kappa shape index (κ1) is 15.0. The van der Waals surface area contributed by atoms with E-state index in [9.17, 15) is 9.59 Å². The number of fused-ring (bicyclic) bond motifs is 1. The number of hydrogen-bond donors (Lipinski definition) is 3. The maximum absolute atomic E-state index is 12.8. The summed E-state index contributed by atoms with van der Waals surface area (Å²) in [6, 6.07) is 9.94. The molecule has 2 aliphatic rings. The molecule has 3 N–H and O–H groups in total. The van der Waals surface area contributed by atoms with Crippen molar-refractivity contribution in [1.82, 2.24) is 25.7 Å². The first-order valence-corrected chi connectivity index (χ1v) is 8.12. The van der Waals surface area contributed by atoms with Crippen molar-refractivity contribution in [3.8, 4) is 0 Å². The van der Waals surface area contributed by atoms with Crippen LogP contribution in [0.25, 0.3) is 0 Å². The van der Waals surface area contributed by atoms with Crippen LogP contribution < -0.4 is 16.4 Å². The van der Waals surface area contributed by atoms with E-state index in [1.165, 1.54) is 6.33 Å². The minimum Gasteiger partial charge on any atom is -0.335 e. The zero-order chi connectivity index (χ0) is 16.5. The minimum atomic E-state index is -0.265. The number of rotatable bonds is 2. The lowest BCUT2D eigenvalue weighted by Gasteiger charge is -2.29. The zero-order valence-corrected chi connectivity index (χ0v) is 13.2. The van der Waals surface area contributed by atoms with E-state index in [1.54, 1.807) is 4.90 Å². The smallest absolute Gasteiger partial charge is 0.254 e. The van der Waals surface area contributed by atoms with Crippen LogP contribution in [-0.4, -0.2) is 33.4 Å². The third-order valence-electron chi connectivity index (χ3n) is 4.73. The van der Waals surface area contributed by atoms with Crippen LogP contribution in [0.5, 0.6) is 0 Å². The van der Waals surface area contributed by atoms with Crippen LogP contribution in [0.15, 0.2) is 41.5 Å². The predicted molar refractivity (Wildman–Crippen MR) is 87.8 cm³/mol. The quantitative estimate of drug-likeness (QED) is 0.737. The van der Waals surface area contributed by atoms with Gasteiger partial charge in [-0.2, -0.15) is 0 Å². The Morgan fingerprint density at radius 2 is 2.04 bits per heavy atom. The number of nitrogens with zero attached hydrogens (tertiary/aromatic N) is 2. The van der Waals surface area contributed by atoms with Crippen LogP contribution in [0.1, 0.15) is 29.3 Å². The molecule has 0 aliphatic carbocycles. The van der Waals surface area contributed by atoms with Gasteiger partial charge in [0.1, 0.15) is 6.04 Å². The first-order valence-electron chi connectivity index (χ1n) is 8.12. The van der Waals surface area contributed by atoms with Crippen molar-refractivity contribution in [2.45, 2.75) is 31.5 Å². The Balaban J connectivity index is 1.45. The van der Waals surface area contributed by atoms with Crippen molar-refractivity contribution in [1.29, 1.82) is 0 Å². The van der Waals surface area contributed by atoms with Gasteiger partial charge < -0.3 is 9.88 Å². The molecule has 0 radical (unpaired) electrons. The molecule has 24 heavy (non-hydrogen) atoms. The SMILES string of the molecule is O=C(C1CC(c2ccccc2)NN1)N1CCc2c(nc[nH]c2=O)C1. The molecular weight excluding hydrogens is 306 g/mol. The van der Waals surface area contributed by atoms with E-state index in [0.717, 1.165) is 5.56 Å². The third-order valence-corrected chi connectivity index (χ3v) is 4.73. The van der Waals surface area contributed by atoms with Gasteiger partial charge in [-0.1, -0.05) is 30.3 Å². The summed E-state index contributed by atoms with van der Waals surface area (Å²) in [4.78, 5) is 33.1. The number of nitrogens with one attached hydrogen (secondary N) is 3. The standard InChI is InChI=1S/C17H19N5O2/c23-16-12-6-7-22(9-15(12)18-10-19-16)17(24)14-8-13(20-21-14)11-4-2-1-3-5-11/h1-5,10,13-14,20-21H,6-9H2,(H,18,19,23). The Morgan fingerprint density at radius 1 is 1.21 bits per heavy atom. The number of hydrogen-bond acceptors (Lipinski definition) is 5. The highest BCUT2D eigenvalue weighted by Crippen LogP contribution is 2.24. The van der Waals surface area contributed by atoms with E-state index in [1.807, 2.05) is 18.2 Å². The molecule has 1 fully saturated rings. The fourth-order valence-corrected chi connectivity index (χ4v) is 3.40. The zero-order valence-electron chi connectivity index (χ0n) is 13.2. The molecule has 7 nitrogen and oxygen atoms in total. The van der Waals surface area contributed by atoms with Gasteiger partial charge in [-0.05, 0) is 18.4 Å². The van der Waals surface area contributed by atoms with E-state index in [0.29, 0.717) is 37.2 Å². The molecule has 0 bridgehead atoms. The fraction of sp³-hybridized carbons (Fsp3) is 0.353. The molecule has 0 saturated carbocycles. The van der Waals surface area contributed by atoms with E-state index >= 15 is 0 Å². The first-order chi connectivity index (χ1) is 11.7. The van der Waals surface area contributed by atoms with Crippen molar-refractivity contribution in [2.24, 2.45) is 0 Å². The van der Waals surface area contributed by atoms with Crippen molar-refractivity contribution < 1.29 is 4.79 Å². The number of aromatic nitrogens is 2. The Morgan fingerprint density at radius 3 is 2.88 bits per heavy atom. The van der Waals surface area contributed by atoms with Gasteiger partial charge in [-0.15, -0.1) is 0 Å². The second-order valence-electron chi connectivity index (χ2n) is 6.21. The van der Waals surface area contributed by atoms with Gasteiger partial charge in [-0.25, -0.2) is 15.8 Å². The number of hydrazine groups is 1. The summed E-state index contributed by atoms with van der Waals surface area (Å²) in [5, 5.41) is 0. The Kier molecular flexibility index (Phi) is 3.87. The molecule has 2 aromatic rings. The van der Waals surface area contributed by atoms with Gasteiger partial charge in [0.15, 0.2) is 0 Å². The lowest BCUT2D eigenvalue weighted by molar-refractivity contribution is -0.134. The van der Waals surface area contributed by atoms with Gasteiger partial charge >= 0.3 is 0 Å². The van der Waals surface area contributed by atoms with Crippen molar-refractivity contribution in [3.05, 3.63) is 63.8 Å². The molecule has 3 heterocycles. The van der Waals surface area contributed by atoms with Crippen LogP contribution >= 0.6 is 0 Å². The predicted octanol–water partition coefficient (Wildman–Crippen LogP) is 0.262. The van der Waals surface area contributed by atoms with Crippen molar-refractivity contribution in [3.63, 3.8) is 0 Å². The minimum absolute atomic E-state index is 0.0497. The molecule has 124 valence electrons. The summed E-state index contributed by atoms with van der Waals surface area (Å²) < 4.78 is 0. The highest BCUT2D eigenvalue weighted by molar-refractivity contribution is 5.82. The van der Waals surface area contributed by atoms with Gasteiger partial charge in [-0.3, -0.25) is 9.59 Å². The van der Waals surface area contributed by atoms with Crippen LogP contribution in [0.3, 0.4) is 0 Å². The lowest BCUT2D eigenvalue weighted by Crippen LogP contribution is -2.48. The molecule has 0 spiro atoms. The summed E-state index contributed by atoms with van der Waals surface area (Å²) in [6.07, 6.45) is 2.65. The molecule has 7 heteroatoms. The summed E-state index contributed by atoms with van der Waals surface area (Å²) in [5.41, 5.74) is 8.77. The monoisotopic (exact) mass is 325 g/mol. The molecule has 1 saturated heterocycles. The molecule has 2 aliphatic heterocycles. The highest BCUT2D eigenvalue weighted by atomic mass is 16.2. The molecule has 1 aromatic heterocycles. The highest BCUT2D eigenvalue weighted by Gasteiger charge is 2.34. The topological polar surface area (TPSA) is 90.1 Å². The number of aromatic amines is 1. The molecule has 2 unspecified atom stereocenters. The number of benzene rings is 1.